The van der Waals surface area contributed by atoms with Crippen LogP contribution < -0.4 is 14.4 Å². The molecule has 6 nitrogen and oxygen atoms in total. The van der Waals surface area contributed by atoms with Crippen molar-refractivity contribution in [3.05, 3.63) is 89.7 Å². The summed E-state index contributed by atoms with van der Waals surface area (Å²) in [7, 11) is -0.978. The summed E-state index contributed by atoms with van der Waals surface area (Å²) >= 11 is 0. The highest BCUT2D eigenvalue weighted by Crippen LogP contribution is 2.23. The smallest absolute Gasteiger partial charge is 0.264 e. The molecule has 0 aromatic heterocycles. The van der Waals surface area contributed by atoms with Crippen LogP contribution in [0.3, 0.4) is 0 Å². The first kappa shape index (κ1) is 22.3. The Hall–Kier alpha value is -3.39. The molecular weight excluding hydrogens is 419 g/mol. The molecule has 0 heterocycles. The number of hydrogen-bond acceptors (Lipinski definition) is 4. The van der Waals surface area contributed by atoms with Gasteiger partial charge in [0.05, 0.1) is 23.7 Å². The number of carbonyl (C=O) groups excluding carboxylic acids is 1. The number of sulfonamides is 1. The highest BCUT2D eigenvalue weighted by atomic mass is 32.2. The molecule has 162 valence electrons. The number of nitrogens with one attached hydrogen (secondary N) is 1. The van der Waals surface area contributed by atoms with Gasteiger partial charge in [-0.05, 0) is 67.1 Å². The number of rotatable bonds is 7. The standard InChI is InChI=1S/C23H23FN2O4S/c1-16(17-7-13-21(30-3)14-8-17)25-23(27)18-5-4-6-22(15-18)31(28,29)26(2)20-11-9-19(24)10-12-20/h4-16H,1-3H3,(H,25,27)/t16-/m1/s1. The predicted molar refractivity (Wildman–Crippen MR) is 117 cm³/mol. The van der Waals surface area contributed by atoms with Crippen molar-refractivity contribution in [1.82, 2.24) is 5.32 Å². The van der Waals surface area contributed by atoms with Crippen LogP contribution in [0.1, 0.15) is 28.9 Å². The van der Waals surface area contributed by atoms with Crippen molar-refractivity contribution in [2.24, 2.45) is 0 Å². The van der Waals surface area contributed by atoms with Crippen molar-refractivity contribution in [3.63, 3.8) is 0 Å². The molecule has 1 amide bonds. The van der Waals surface area contributed by atoms with Crippen LogP contribution in [0.2, 0.25) is 0 Å². The molecular formula is C23H23FN2O4S. The third-order valence-electron chi connectivity index (χ3n) is 4.91. The van der Waals surface area contributed by atoms with Gasteiger partial charge >= 0.3 is 0 Å². The fraction of sp³-hybridized carbons (Fsp3) is 0.174. The minimum atomic E-state index is -3.93. The van der Waals surface area contributed by atoms with Crippen LogP contribution in [0.25, 0.3) is 0 Å². The summed E-state index contributed by atoms with van der Waals surface area (Å²) in [5, 5.41) is 2.87. The largest absolute Gasteiger partial charge is 0.497 e. The zero-order valence-electron chi connectivity index (χ0n) is 17.4. The summed E-state index contributed by atoms with van der Waals surface area (Å²) in [6.07, 6.45) is 0. The quantitative estimate of drug-likeness (QED) is 0.596. The van der Waals surface area contributed by atoms with Crippen molar-refractivity contribution >= 4 is 21.6 Å². The molecule has 3 rings (SSSR count). The monoisotopic (exact) mass is 442 g/mol. The lowest BCUT2D eigenvalue weighted by molar-refractivity contribution is 0.0939. The number of halogens is 1. The van der Waals surface area contributed by atoms with Crippen LogP contribution in [-0.4, -0.2) is 28.5 Å². The van der Waals surface area contributed by atoms with Gasteiger partial charge in [-0.25, -0.2) is 12.8 Å². The Kier molecular flexibility index (Phi) is 6.60. The number of ether oxygens (including phenoxy) is 1. The van der Waals surface area contributed by atoms with E-state index in [9.17, 15) is 17.6 Å². The number of methoxy groups -OCH3 is 1. The Morgan fingerprint density at radius 1 is 1.03 bits per heavy atom. The van der Waals surface area contributed by atoms with E-state index in [1.54, 1.807) is 25.3 Å². The molecule has 0 aliphatic rings. The van der Waals surface area contributed by atoms with Gasteiger partial charge in [0.25, 0.3) is 15.9 Å². The summed E-state index contributed by atoms with van der Waals surface area (Å²) in [5.74, 6) is -0.144. The van der Waals surface area contributed by atoms with Gasteiger partial charge < -0.3 is 10.1 Å². The van der Waals surface area contributed by atoms with Gasteiger partial charge in [0, 0.05) is 12.6 Å². The Bertz CT molecular complexity index is 1160. The normalized spacial score (nSPS) is 12.1. The van der Waals surface area contributed by atoms with Crippen molar-refractivity contribution in [3.8, 4) is 5.75 Å². The number of carbonyl (C=O) groups is 1. The molecule has 0 unspecified atom stereocenters. The maximum atomic E-state index is 13.2. The first-order valence-electron chi connectivity index (χ1n) is 9.52. The maximum Gasteiger partial charge on any atom is 0.264 e. The number of anilines is 1. The molecule has 0 saturated heterocycles. The maximum absolute atomic E-state index is 13.2. The average molecular weight is 443 g/mol. The van der Waals surface area contributed by atoms with Crippen LogP contribution in [0.4, 0.5) is 10.1 Å². The fourth-order valence-corrected chi connectivity index (χ4v) is 4.24. The van der Waals surface area contributed by atoms with Gasteiger partial charge in [0.1, 0.15) is 11.6 Å². The second-order valence-corrected chi connectivity index (χ2v) is 8.91. The van der Waals surface area contributed by atoms with E-state index in [0.29, 0.717) is 11.4 Å². The molecule has 1 N–H and O–H groups in total. The summed E-state index contributed by atoms with van der Waals surface area (Å²) < 4.78 is 45.3. The first-order chi connectivity index (χ1) is 14.7. The van der Waals surface area contributed by atoms with E-state index in [2.05, 4.69) is 5.32 Å². The summed E-state index contributed by atoms with van der Waals surface area (Å²) in [5.41, 5.74) is 1.41. The highest BCUT2D eigenvalue weighted by molar-refractivity contribution is 7.92. The van der Waals surface area contributed by atoms with E-state index < -0.39 is 21.7 Å². The number of amides is 1. The van der Waals surface area contributed by atoms with Gasteiger partial charge in [-0.3, -0.25) is 9.10 Å². The molecule has 3 aromatic carbocycles. The number of benzene rings is 3. The molecule has 0 saturated carbocycles. The second kappa shape index (κ2) is 9.18. The minimum Gasteiger partial charge on any atom is -0.497 e. The third kappa shape index (κ3) is 5.03. The number of nitrogens with zero attached hydrogens (tertiary/aromatic N) is 1. The Balaban J connectivity index is 1.79. The molecule has 3 aromatic rings. The molecule has 0 aliphatic heterocycles. The fourth-order valence-electron chi connectivity index (χ4n) is 3.00. The van der Waals surface area contributed by atoms with E-state index in [0.717, 1.165) is 9.87 Å². The zero-order chi connectivity index (χ0) is 22.6. The summed E-state index contributed by atoms with van der Waals surface area (Å²) in [6.45, 7) is 1.84. The van der Waals surface area contributed by atoms with Crippen molar-refractivity contribution < 1.29 is 22.3 Å². The van der Waals surface area contributed by atoms with E-state index in [1.165, 1.54) is 49.5 Å². The summed E-state index contributed by atoms with van der Waals surface area (Å²) in [4.78, 5) is 12.7. The van der Waals surface area contributed by atoms with Crippen LogP contribution in [-0.2, 0) is 10.0 Å². The van der Waals surface area contributed by atoms with E-state index in [1.807, 2.05) is 19.1 Å². The van der Waals surface area contributed by atoms with Crippen LogP contribution in [0.15, 0.2) is 77.7 Å². The SMILES string of the molecule is COc1ccc([C@@H](C)NC(=O)c2cccc(S(=O)(=O)N(C)c3ccc(F)cc3)c2)cc1. The van der Waals surface area contributed by atoms with Crippen LogP contribution >= 0.6 is 0 Å². The minimum absolute atomic E-state index is 0.0379. The topological polar surface area (TPSA) is 75.7 Å². The second-order valence-electron chi connectivity index (χ2n) is 6.95. The van der Waals surface area contributed by atoms with Crippen molar-refractivity contribution in [1.29, 1.82) is 0 Å². The molecule has 8 heteroatoms. The molecule has 0 bridgehead atoms. The lowest BCUT2D eigenvalue weighted by Crippen LogP contribution is -2.28. The predicted octanol–water partition coefficient (Wildman–Crippen LogP) is 4.15. The lowest BCUT2D eigenvalue weighted by atomic mass is 10.1. The summed E-state index contributed by atoms with van der Waals surface area (Å²) in [6, 6.07) is 17.9. The van der Waals surface area contributed by atoms with Gasteiger partial charge in [-0.2, -0.15) is 0 Å². The van der Waals surface area contributed by atoms with Gasteiger partial charge in [0.15, 0.2) is 0 Å². The highest BCUT2D eigenvalue weighted by Gasteiger charge is 2.23. The van der Waals surface area contributed by atoms with E-state index in [4.69, 9.17) is 4.74 Å². The lowest BCUT2D eigenvalue weighted by Gasteiger charge is -2.20. The van der Waals surface area contributed by atoms with Crippen LogP contribution in [0, 0.1) is 5.82 Å². The van der Waals surface area contributed by atoms with Crippen LogP contribution in [0.5, 0.6) is 5.75 Å². The molecule has 31 heavy (non-hydrogen) atoms. The molecule has 0 radical (unpaired) electrons. The third-order valence-corrected chi connectivity index (χ3v) is 6.69. The molecule has 0 spiro atoms. The molecule has 1 atom stereocenters. The molecule has 0 fully saturated rings. The molecule has 0 aliphatic carbocycles. The van der Waals surface area contributed by atoms with Gasteiger partial charge in [-0.15, -0.1) is 0 Å². The van der Waals surface area contributed by atoms with Crippen molar-refractivity contribution in [2.45, 2.75) is 17.9 Å². The van der Waals surface area contributed by atoms with Gasteiger partial charge in [-0.1, -0.05) is 18.2 Å². The van der Waals surface area contributed by atoms with Crippen molar-refractivity contribution in [2.75, 3.05) is 18.5 Å². The Morgan fingerprint density at radius 3 is 2.29 bits per heavy atom. The average Bonchev–Trinajstić information content (AvgIpc) is 2.79. The van der Waals surface area contributed by atoms with E-state index in [-0.39, 0.29) is 16.5 Å². The Labute approximate surface area is 181 Å². The zero-order valence-corrected chi connectivity index (χ0v) is 18.2. The Morgan fingerprint density at radius 2 is 1.68 bits per heavy atom. The van der Waals surface area contributed by atoms with Gasteiger partial charge in [0.2, 0.25) is 0 Å². The number of hydrogen-bond donors (Lipinski definition) is 1. The van der Waals surface area contributed by atoms with E-state index >= 15 is 0 Å². The first-order valence-corrected chi connectivity index (χ1v) is 11.0.